The Morgan fingerprint density at radius 1 is 1.24 bits per heavy atom. The van der Waals surface area contributed by atoms with Crippen molar-refractivity contribution in [2.24, 2.45) is 0 Å². The average molecular weight is 341 g/mol. The van der Waals surface area contributed by atoms with Crippen LogP contribution in [-0.4, -0.2) is 24.9 Å². The number of nitrogens with one attached hydrogen (secondary N) is 2. The highest BCUT2D eigenvalue weighted by atomic mass is 16.5. The first-order valence-electron chi connectivity index (χ1n) is 7.65. The van der Waals surface area contributed by atoms with Crippen LogP contribution in [0.3, 0.4) is 0 Å². The molecule has 3 N–H and O–H groups in total. The molecule has 0 bridgehead atoms. The Morgan fingerprint density at radius 3 is 2.72 bits per heavy atom. The van der Waals surface area contributed by atoms with Gasteiger partial charge in [-0.15, -0.1) is 0 Å². The van der Waals surface area contributed by atoms with E-state index in [0.717, 1.165) is 5.56 Å². The Morgan fingerprint density at radius 2 is 2.04 bits per heavy atom. The highest BCUT2D eigenvalue weighted by Gasteiger charge is 2.10. The topological polar surface area (TPSA) is 104 Å². The molecule has 0 atom stereocenters. The second-order valence-electron chi connectivity index (χ2n) is 5.07. The lowest BCUT2D eigenvalue weighted by Crippen LogP contribution is -2.28. The molecule has 0 aromatic heterocycles. The van der Waals surface area contributed by atoms with Gasteiger partial charge in [0, 0.05) is 6.54 Å². The number of phenolic OH excluding ortho intramolecular Hbond substituents is 1. The lowest BCUT2D eigenvalue weighted by atomic mass is 10.2. The largest absolute Gasteiger partial charge is 0.504 e. The van der Waals surface area contributed by atoms with E-state index in [2.05, 4.69) is 10.6 Å². The molecule has 0 aliphatic carbocycles. The van der Waals surface area contributed by atoms with Gasteiger partial charge in [-0.05, 0) is 42.8 Å². The molecule has 2 rings (SSSR count). The molecule has 7 nitrogen and oxygen atoms in total. The lowest BCUT2D eigenvalue weighted by Gasteiger charge is -2.13. The maximum atomic E-state index is 12.1. The van der Waals surface area contributed by atoms with Crippen LogP contribution in [0.2, 0.25) is 0 Å². The first-order chi connectivity index (χ1) is 12.1. The Kier molecular flexibility index (Phi) is 6.07. The quantitative estimate of drug-likeness (QED) is 0.749. The van der Waals surface area contributed by atoms with Crippen LogP contribution in [0.5, 0.6) is 17.2 Å². The molecule has 2 aromatic rings. The fourth-order valence-corrected chi connectivity index (χ4v) is 2.16. The first-order valence-corrected chi connectivity index (χ1v) is 7.65. The summed E-state index contributed by atoms with van der Waals surface area (Å²) in [4.78, 5) is 12.1. The van der Waals surface area contributed by atoms with E-state index >= 15 is 0 Å². The summed E-state index contributed by atoms with van der Waals surface area (Å²) in [6.45, 7) is 2.51. The Hall–Kier alpha value is -3.40. The van der Waals surface area contributed by atoms with Gasteiger partial charge in [0.25, 0.3) is 0 Å². The Bertz CT molecular complexity index is 799. The van der Waals surface area contributed by atoms with Gasteiger partial charge < -0.3 is 25.2 Å². The van der Waals surface area contributed by atoms with Gasteiger partial charge >= 0.3 is 6.03 Å². The highest BCUT2D eigenvalue weighted by Crippen LogP contribution is 2.27. The van der Waals surface area contributed by atoms with Crippen molar-refractivity contribution >= 4 is 11.7 Å². The van der Waals surface area contributed by atoms with Gasteiger partial charge in [0.1, 0.15) is 5.75 Å². The van der Waals surface area contributed by atoms with Crippen molar-refractivity contribution in [3.63, 3.8) is 0 Å². The Labute approximate surface area is 145 Å². The normalized spacial score (nSPS) is 9.80. The molecule has 2 amide bonds. The number of amides is 2. The number of carbonyl (C=O) groups excluding carboxylic acids is 1. The van der Waals surface area contributed by atoms with Crippen molar-refractivity contribution < 1.29 is 19.4 Å². The summed E-state index contributed by atoms with van der Waals surface area (Å²) in [5.74, 6) is 0.855. The molecule has 0 spiro atoms. The fraction of sp³-hybridized carbons (Fsp3) is 0.222. The number of phenols is 1. The van der Waals surface area contributed by atoms with E-state index in [1.807, 2.05) is 13.0 Å². The molecule has 0 heterocycles. The molecule has 0 unspecified atom stereocenters. The second kappa shape index (κ2) is 8.45. The average Bonchev–Trinajstić information content (AvgIpc) is 2.62. The van der Waals surface area contributed by atoms with E-state index in [-0.39, 0.29) is 12.3 Å². The SMILES string of the molecule is CCOc1ccc(C#N)cc1NC(=O)NCc1ccc(O)c(OC)c1. The molecule has 0 fully saturated rings. The van der Waals surface area contributed by atoms with Gasteiger partial charge in [-0.25, -0.2) is 4.79 Å². The number of rotatable bonds is 6. The molecular weight excluding hydrogens is 322 g/mol. The predicted octanol–water partition coefficient (Wildman–Crippen LogP) is 2.99. The number of nitrogens with zero attached hydrogens (tertiary/aromatic N) is 1. The molecule has 0 radical (unpaired) electrons. The predicted molar refractivity (Wildman–Crippen MR) is 92.8 cm³/mol. The molecule has 0 saturated heterocycles. The summed E-state index contributed by atoms with van der Waals surface area (Å²) in [7, 11) is 1.45. The van der Waals surface area contributed by atoms with Gasteiger partial charge in [0.2, 0.25) is 0 Å². The van der Waals surface area contributed by atoms with Gasteiger partial charge in [0.05, 0.1) is 31.0 Å². The number of ether oxygens (including phenoxy) is 2. The minimum Gasteiger partial charge on any atom is -0.504 e. The fourth-order valence-electron chi connectivity index (χ4n) is 2.16. The van der Waals surface area contributed by atoms with E-state index < -0.39 is 6.03 Å². The van der Waals surface area contributed by atoms with Crippen molar-refractivity contribution in [2.75, 3.05) is 19.0 Å². The van der Waals surface area contributed by atoms with E-state index in [9.17, 15) is 9.90 Å². The van der Waals surface area contributed by atoms with Crippen molar-refractivity contribution in [1.29, 1.82) is 5.26 Å². The second-order valence-corrected chi connectivity index (χ2v) is 5.07. The molecule has 2 aromatic carbocycles. The first kappa shape index (κ1) is 17.9. The van der Waals surface area contributed by atoms with E-state index in [0.29, 0.717) is 29.4 Å². The van der Waals surface area contributed by atoms with Crippen LogP contribution in [0.25, 0.3) is 0 Å². The summed E-state index contributed by atoms with van der Waals surface area (Å²) < 4.78 is 10.5. The van der Waals surface area contributed by atoms with Crippen molar-refractivity contribution in [3.05, 3.63) is 47.5 Å². The minimum atomic E-state index is -0.442. The molecule has 130 valence electrons. The molecule has 0 aliphatic heterocycles. The van der Waals surface area contributed by atoms with Crippen LogP contribution in [0.4, 0.5) is 10.5 Å². The van der Waals surface area contributed by atoms with E-state index in [1.165, 1.54) is 13.2 Å². The third kappa shape index (κ3) is 4.78. The molecule has 25 heavy (non-hydrogen) atoms. The number of hydrogen-bond donors (Lipinski definition) is 3. The minimum absolute atomic E-state index is 0.0328. The van der Waals surface area contributed by atoms with Crippen LogP contribution in [0.1, 0.15) is 18.1 Å². The van der Waals surface area contributed by atoms with E-state index in [1.54, 1.807) is 30.3 Å². The van der Waals surface area contributed by atoms with E-state index in [4.69, 9.17) is 14.7 Å². The summed E-state index contributed by atoms with van der Waals surface area (Å²) in [5.41, 5.74) is 1.60. The standard InChI is InChI=1S/C18H19N3O4/c1-3-25-16-7-5-12(10-19)8-14(16)21-18(23)20-11-13-4-6-15(22)17(9-13)24-2/h4-9,22H,3,11H2,1-2H3,(H2,20,21,23). The van der Waals surface area contributed by atoms with Crippen molar-refractivity contribution in [3.8, 4) is 23.3 Å². The third-order valence-electron chi connectivity index (χ3n) is 3.35. The number of aromatic hydroxyl groups is 1. The summed E-state index contributed by atoms with van der Waals surface area (Å²) in [6.07, 6.45) is 0. The molecule has 0 aliphatic rings. The number of anilines is 1. The number of urea groups is 1. The zero-order chi connectivity index (χ0) is 18.2. The van der Waals surface area contributed by atoms with Gasteiger partial charge in [-0.2, -0.15) is 5.26 Å². The van der Waals surface area contributed by atoms with Crippen LogP contribution in [0.15, 0.2) is 36.4 Å². The van der Waals surface area contributed by atoms with Gasteiger partial charge in [0.15, 0.2) is 11.5 Å². The smallest absolute Gasteiger partial charge is 0.319 e. The van der Waals surface area contributed by atoms with Gasteiger partial charge in [-0.3, -0.25) is 0 Å². The van der Waals surface area contributed by atoms with Crippen molar-refractivity contribution in [2.45, 2.75) is 13.5 Å². The molecule has 0 saturated carbocycles. The monoisotopic (exact) mass is 341 g/mol. The maximum absolute atomic E-state index is 12.1. The summed E-state index contributed by atoms with van der Waals surface area (Å²) in [5, 5.41) is 23.9. The maximum Gasteiger partial charge on any atom is 0.319 e. The number of hydrogen-bond acceptors (Lipinski definition) is 5. The highest BCUT2D eigenvalue weighted by molar-refractivity contribution is 5.91. The Balaban J connectivity index is 2.04. The van der Waals surface area contributed by atoms with Crippen LogP contribution in [0, 0.1) is 11.3 Å². The molecule has 7 heteroatoms. The zero-order valence-corrected chi connectivity index (χ0v) is 14.0. The number of methoxy groups -OCH3 is 1. The van der Waals surface area contributed by atoms with Crippen LogP contribution in [-0.2, 0) is 6.54 Å². The van der Waals surface area contributed by atoms with Gasteiger partial charge in [-0.1, -0.05) is 6.07 Å². The van der Waals surface area contributed by atoms with Crippen LogP contribution < -0.4 is 20.1 Å². The molecular formula is C18H19N3O4. The van der Waals surface area contributed by atoms with Crippen molar-refractivity contribution in [1.82, 2.24) is 5.32 Å². The number of carbonyl (C=O) groups is 1. The number of benzene rings is 2. The summed E-state index contributed by atoms with van der Waals surface area (Å²) in [6, 6.07) is 11.2. The van der Waals surface area contributed by atoms with Crippen LogP contribution >= 0.6 is 0 Å². The number of nitriles is 1. The zero-order valence-electron chi connectivity index (χ0n) is 14.0. The summed E-state index contributed by atoms with van der Waals surface area (Å²) >= 11 is 0. The third-order valence-corrected chi connectivity index (χ3v) is 3.35. The lowest BCUT2D eigenvalue weighted by molar-refractivity contribution is 0.251.